The number of amides is 2. The van der Waals surface area contributed by atoms with Gasteiger partial charge in [-0.25, -0.2) is 4.79 Å². The lowest BCUT2D eigenvalue weighted by Crippen LogP contribution is -2.46. The average molecular weight is 373 g/mol. The van der Waals surface area contributed by atoms with Crippen LogP contribution in [0, 0.1) is 6.92 Å². The Morgan fingerprint density at radius 3 is 2.65 bits per heavy atom. The van der Waals surface area contributed by atoms with Crippen LogP contribution in [-0.2, 0) is 6.54 Å². The van der Waals surface area contributed by atoms with E-state index in [0.717, 1.165) is 38.4 Å². The minimum absolute atomic E-state index is 0.0780. The quantitative estimate of drug-likeness (QED) is 0.866. The normalized spacial score (nSPS) is 15.1. The fourth-order valence-corrected chi connectivity index (χ4v) is 4.13. The summed E-state index contributed by atoms with van der Waals surface area (Å²) in [7, 11) is 1.84. The van der Waals surface area contributed by atoms with E-state index in [9.17, 15) is 4.79 Å². The van der Waals surface area contributed by atoms with Gasteiger partial charge in [0.15, 0.2) is 0 Å². The van der Waals surface area contributed by atoms with Crippen LogP contribution in [0.25, 0.3) is 0 Å². The van der Waals surface area contributed by atoms with Crippen LogP contribution in [0.1, 0.15) is 17.4 Å². The number of carbonyl (C=O) groups is 1. The van der Waals surface area contributed by atoms with E-state index < -0.39 is 0 Å². The molecule has 140 valence electrons. The van der Waals surface area contributed by atoms with Crippen molar-refractivity contribution < 1.29 is 4.79 Å². The first-order valence-corrected chi connectivity index (χ1v) is 10.1. The van der Waals surface area contributed by atoms with Gasteiger partial charge in [0.1, 0.15) is 0 Å². The predicted molar refractivity (Wildman–Crippen MR) is 110 cm³/mol. The number of thiophene rings is 1. The van der Waals surface area contributed by atoms with Gasteiger partial charge in [-0.15, -0.1) is 11.3 Å². The number of benzene rings is 1. The second-order valence-corrected chi connectivity index (χ2v) is 7.79. The van der Waals surface area contributed by atoms with Gasteiger partial charge in [-0.05, 0) is 48.7 Å². The maximum Gasteiger partial charge on any atom is 0.321 e. The summed E-state index contributed by atoms with van der Waals surface area (Å²) in [5, 5.41) is 5.10. The molecule has 2 heterocycles. The SMILES string of the molecule is CCN1CCN(c2cccc(NC(=O)N(C)Cc3sccc3C)c2)CC1. The molecule has 1 N–H and O–H groups in total. The smallest absolute Gasteiger partial charge is 0.321 e. The molecule has 1 aromatic heterocycles. The topological polar surface area (TPSA) is 38.8 Å². The van der Waals surface area contributed by atoms with E-state index in [4.69, 9.17) is 0 Å². The second kappa shape index (κ2) is 8.56. The number of rotatable bonds is 5. The Morgan fingerprint density at radius 2 is 2.00 bits per heavy atom. The highest BCUT2D eigenvalue weighted by Crippen LogP contribution is 2.22. The van der Waals surface area contributed by atoms with Crippen LogP contribution in [0.4, 0.5) is 16.2 Å². The van der Waals surface area contributed by atoms with E-state index >= 15 is 0 Å². The molecule has 1 fully saturated rings. The van der Waals surface area contributed by atoms with Crippen LogP contribution in [-0.4, -0.2) is 55.6 Å². The molecule has 0 bridgehead atoms. The van der Waals surface area contributed by atoms with E-state index in [0.29, 0.717) is 6.54 Å². The van der Waals surface area contributed by atoms with Crippen molar-refractivity contribution >= 4 is 28.7 Å². The minimum Gasteiger partial charge on any atom is -0.369 e. The Hall–Kier alpha value is -2.05. The molecule has 1 aliphatic heterocycles. The van der Waals surface area contributed by atoms with Gasteiger partial charge in [0, 0.05) is 49.5 Å². The van der Waals surface area contributed by atoms with E-state index in [2.05, 4.69) is 52.5 Å². The Bertz CT molecular complexity index is 737. The summed E-state index contributed by atoms with van der Waals surface area (Å²) in [6.07, 6.45) is 0. The molecule has 0 saturated carbocycles. The first-order valence-electron chi connectivity index (χ1n) is 9.19. The predicted octanol–water partition coefficient (Wildman–Crippen LogP) is 3.86. The molecule has 1 saturated heterocycles. The summed E-state index contributed by atoms with van der Waals surface area (Å²) in [6, 6.07) is 10.2. The lowest BCUT2D eigenvalue weighted by Gasteiger charge is -2.35. The molecule has 5 nitrogen and oxygen atoms in total. The number of hydrogen-bond donors (Lipinski definition) is 1. The zero-order valence-electron chi connectivity index (χ0n) is 15.9. The molecule has 0 atom stereocenters. The second-order valence-electron chi connectivity index (χ2n) is 6.78. The molecule has 6 heteroatoms. The number of nitrogens with one attached hydrogen (secondary N) is 1. The van der Waals surface area contributed by atoms with Crippen molar-refractivity contribution in [3.63, 3.8) is 0 Å². The van der Waals surface area contributed by atoms with Gasteiger partial charge < -0.3 is 20.0 Å². The van der Waals surface area contributed by atoms with Crippen LogP contribution in [0.2, 0.25) is 0 Å². The number of aryl methyl sites for hydroxylation is 1. The highest BCUT2D eigenvalue weighted by atomic mass is 32.1. The van der Waals surface area contributed by atoms with Crippen LogP contribution >= 0.6 is 11.3 Å². The standard InChI is InChI=1S/C20H28N4OS/c1-4-23-9-11-24(12-10-23)18-7-5-6-17(14-18)21-20(25)22(3)15-19-16(2)8-13-26-19/h5-8,13-14H,4,9-12,15H2,1-3H3,(H,21,25). The van der Waals surface area contributed by atoms with Crippen LogP contribution < -0.4 is 10.2 Å². The van der Waals surface area contributed by atoms with Gasteiger partial charge in [0.25, 0.3) is 0 Å². The van der Waals surface area contributed by atoms with Crippen molar-refractivity contribution in [2.75, 3.05) is 50.0 Å². The highest BCUT2D eigenvalue weighted by molar-refractivity contribution is 7.10. The largest absolute Gasteiger partial charge is 0.369 e. The summed E-state index contributed by atoms with van der Waals surface area (Å²) < 4.78 is 0. The molecule has 1 aliphatic rings. The van der Waals surface area contributed by atoms with Crippen molar-refractivity contribution in [2.24, 2.45) is 0 Å². The molecule has 0 radical (unpaired) electrons. The monoisotopic (exact) mass is 372 g/mol. The molecular weight excluding hydrogens is 344 g/mol. The summed E-state index contributed by atoms with van der Waals surface area (Å²) in [6.45, 7) is 10.3. The summed E-state index contributed by atoms with van der Waals surface area (Å²) in [4.78, 5) is 20.3. The van der Waals surface area contributed by atoms with E-state index in [1.54, 1.807) is 16.2 Å². The van der Waals surface area contributed by atoms with Crippen molar-refractivity contribution in [3.05, 3.63) is 46.2 Å². The first kappa shape index (κ1) is 18.7. The van der Waals surface area contributed by atoms with Gasteiger partial charge in [0.05, 0.1) is 6.54 Å². The number of piperazine rings is 1. The third-order valence-corrected chi connectivity index (χ3v) is 5.99. The lowest BCUT2D eigenvalue weighted by atomic mass is 10.2. The highest BCUT2D eigenvalue weighted by Gasteiger charge is 2.17. The van der Waals surface area contributed by atoms with Gasteiger partial charge in [0.2, 0.25) is 0 Å². The van der Waals surface area contributed by atoms with Gasteiger partial charge >= 0.3 is 6.03 Å². The van der Waals surface area contributed by atoms with Gasteiger partial charge in [-0.3, -0.25) is 0 Å². The average Bonchev–Trinajstić information content (AvgIpc) is 3.06. The number of anilines is 2. The van der Waals surface area contributed by atoms with Crippen molar-refractivity contribution in [2.45, 2.75) is 20.4 Å². The molecule has 2 amide bonds. The molecule has 1 aromatic carbocycles. The van der Waals surface area contributed by atoms with Crippen LogP contribution in [0.3, 0.4) is 0 Å². The lowest BCUT2D eigenvalue weighted by molar-refractivity contribution is 0.221. The van der Waals surface area contributed by atoms with Gasteiger partial charge in [-0.2, -0.15) is 0 Å². The zero-order chi connectivity index (χ0) is 18.5. The molecule has 3 rings (SSSR count). The summed E-state index contributed by atoms with van der Waals surface area (Å²) in [5.74, 6) is 0. The Labute approximate surface area is 160 Å². The summed E-state index contributed by atoms with van der Waals surface area (Å²) >= 11 is 1.69. The molecule has 2 aromatic rings. The van der Waals surface area contributed by atoms with Crippen LogP contribution in [0.15, 0.2) is 35.7 Å². The fourth-order valence-electron chi connectivity index (χ4n) is 3.17. The number of nitrogens with zero attached hydrogens (tertiary/aromatic N) is 3. The van der Waals surface area contributed by atoms with E-state index in [1.807, 2.05) is 19.2 Å². The molecule has 0 spiro atoms. The van der Waals surface area contributed by atoms with Crippen molar-refractivity contribution in [3.8, 4) is 0 Å². The zero-order valence-corrected chi connectivity index (χ0v) is 16.7. The minimum atomic E-state index is -0.0780. The maximum atomic E-state index is 12.5. The van der Waals surface area contributed by atoms with E-state index in [1.165, 1.54) is 16.1 Å². The number of carbonyl (C=O) groups excluding carboxylic acids is 1. The molecular formula is C20H28N4OS. The third-order valence-electron chi connectivity index (χ3n) is 4.98. The Balaban J connectivity index is 1.59. The number of hydrogen-bond acceptors (Lipinski definition) is 4. The van der Waals surface area contributed by atoms with Crippen molar-refractivity contribution in [1.82, 2.24) is 9.80 Å². The van der Waals surface area contributed by atoms with Gasteiger partial charge in [-0.1, -0.05) is 13.0 Å². The fraction of sp³-hybridized carbons (Fsp3) is 0.450. The number of urea groups is 1. The summed E-state index contributed by atoms with van der Waals surface area (Å²) in [5.41, 5.74) is 3.26. The van der Waals surface area contributed by atoms with Crippen LogP contribution in [0.5, 0.6) is 0 Å². The molecule has 26 heavy (non-hydrogen) atoms. The Morgan fingerprint density at radius 1 is 1.23 bits per heavy atom. The molecule has 0 unspecified atom stereocenters. The first-order chi connectivity index (χ1) is 12.6. The Kier molecular flexibility index (Phi) is 6.16. The molecule has 0 aliphatic carbocycles. The van der Waals surface area contributed by atoms with E-state index in [-0.39, 0.29) is 6.03 Å². The third kappa shape index (κ3) is 4.56. The van der Waals surface area contributed by atoms with Crippen molar-refractivity contribution in [1.29, 1.82) is 0 Å². The maximum absolute atomic E-state index is 12.5. The number of likely N-dealkylation sites (N-methyl/N-ethyl adjacent to an activating group) is 1.